The number of nitrogens with zero attached hydrogens (tertiary/aromatic N) is 4. The SMILES string of the molecule is O=C(Nc1ccccc1-n1ccnc1)c1ncn[nH]1. The molecular formula is C12H10N6O. The normalized spacial score (nSPS) is 10.3. The van der Waals surface area contributed by atoms with E-state index in [1.165, 1.54) is 6.33 Å². The summed E-state index contributed by atoms with van der Waals surface area (Å²) < 4.78 is 1.82. The van der Waals surface area contributed by atoms with E-state index in [9.17, 15) is 4.79 Å². The van der Waals surface area contributed by atoms with Crippen LogP contribution in [-0.2, 0) is 0 Å². The maximum atomic E-state index is 11.9. The fraction of sp³-hybridized carbons (Fsp3) is 0. The van der Waals surface area contributed by atoms with E-state index in [4.69, 9.17) is 0 Å². The molecule has 7 heteroatoms. The molecule has 7 nitrogen and oxygen atoms in total. The van der Waals surface area contributed by atoms with Gasteiger partial charge in [-0.2, -0.15) is 5.10 Å². The molecule has 0 radical (unpaired) electrons. The number of hydrogen-bond acceptors (Lipinski definition) is 4. The number of carbonyl (C=O) groups excluding carboxylic acids is 1. The second kappa shape index (κ2) is 4.73. The van der Waals surface area contributed by atoms with Crippen LogP contribution in [-0.4, -0.2) is 30.6 Å². The van der Waals surface area contributed by atoms with Crippen LogP contribution < -0.4 is 5.32 Å². The number of aromatic nitrogens is 5. The lowest BCUT2D eigenvalue weighted by molar-refractivity contribution is 0.101. The standard InChI is InChI=1S/C12H10N6O/c19-12(11-14-7-15-17-11)16-9-3-1-2-4-10(9)18-6-5-13-8-18/h1-8H,(H,16,19)(H,14,15,17). The van der Waals surface area contributed by atoms with Crippen LogP contribution in [0.15, 0.2) is 49.3 Å². The van der Waals surface area contributed by atoms with E-state index >= 15 is 0 Å². The number of imidazole rings is 1. The van der Waals surface area contributed by atoms with Crippen molar-refractivity contribution in [2.75, 3.05) is 5.32 Å². The summed E-state index contributed by atoms with van der Waals surface area (Å²) in [7, 11) is 0. The number of para-hydroxylation sites is 2. The van der Waals surface area contributed by atoms with E-state index in [0.717, 1.165) is 5.69 Å². The second-order valence-corrected chi connectivity index (χ2v) is 3.78. The van der Waals surface area contributed by atoms with Gasteiger partial charge in [0, 0.05) is 12.4 Å². The van der Waals surface area contributed by atoms with E-state index < -0.39 is 0 Å². The Morgan fingerprint density at radius 2 is 2.21 bits per heavy atom. The quantitative estimate of drug-likeness (QED) is 0.736. The Kier molecular flexibility index (Phi) is 2.77. The number of aromatic amines is 1. The van der Waals surface area contributed by atoms with Gasteiger partial charge >= 0.3 is 0 Å². The van der Waals surface area contributed by atoms with E-state index in [1.807, 2.05) is 28.8 Å². The molecule has 1 amide bonds. The number of amides is 1. The summed E-state index contributed by atoms with van der Waals surface area (Å²) in [6.07, 6.45) is 6.44. The van der Waals surface area contributed by atoms with Crippen molar-refractivity contribution in [1.82, 2.24) is 24.7 Å². The number of benzene rings is 1. The molecule has 3 aromatic rings. The summed E-state index contributed by atoms with van der Waals surface area (Å²) in [5, 5.41) is 8.94. The van der Waals surface area contributed by atoms with Crippen molar-refractivity contribution in [2.24, 2.45) is 0 Å². The highest BCUT2D eigenvalue weighted by Gasteiger charge is 2.11. The highest BCUT2D eigenvalue weighted by molar-refractivity contribution is 6.02. The molecular weight excluding hydrogens is 244 g/mol. The molecule has 0 aliphatic heterocycles. The highest BCUT2D eigenvalue weighted by atomic mass is 16.2. The zero-order valence-corrected chi connectivity index (χ0v) is 9.82. The summed E-state index contributed by atoms with van der Waals surface area (Å²) in [6, 6.07) is 7.43. The fourth-order valence-electron chi connectivity index (χ4n) is 1.70. The Balaban J connectivity index is 1.92. The molecule has 94 valence electrons. The number of rotatable bonds is 3. The molecule has 0 saturated heterocycles. The minimum absolute atomic E-state index is 0.167. The summed E-state index contributed by atoms with van der Waals surface area (Å²) in [6.45, 7) is 0. The number of carbonyl (C=O) groups is 1. The van der Waals surface area contributed by atoms with E-state index in [2.05, 4.69) is 25.5 Å². The predicted molar refractivity (Wildman–Crippen MR) is 67.9 cm³/mol. The van der Waals surface area contributed by atoms with Gasteiger partial charge in [0.25, 0.3) is 5.91 Å². The van der Waals surface area contributed by atoms with Gasteiger partial charge in [-0.3, -0.25) is 9.89 Å². The van der Waals surface area contributed by atoms with Crippen molar-refractivity contribution in [2.45, 2.75) is 0 Å². The predicted octanol–water partition coefficient (Wildman–Crippen LogP) is 1.24. The molecule has 3 rings (SSSR count). The van der Waals surface area contributed by atoms with Crippen molar-refractivity contribution in [3.63, 3.8) is 0 Å². The van der Waals surface area contributed by atoms with Gasteiger partial charge < -0.3 is 9.88 Å². The van der Waals surface area contributed by atoms with Crippen LogP contribution in [0.2, 0.25) is 0 Å². The zero-order chi connectivity index (χ0) is 13.1. The molecule has 0 fully saturated rings. The Labute approximate surface area is 108 Å². The molecule has 0 aliphatic carbocycles. The van der Waals surface area contributed by atoms with Crippen LogP contribution in [0.5, 0.6) is 0 Å². The molecule has 0 bridgehead atoms. The number of H-pyrrole nitrogens is 1. The average molecular weight is 254 g/mol. The van der Waals surface area contributed by atoms with Gasteiger partial charge in [0.05, 0.1) is 17.7 Å². The van der Waals surface area contributed by atoms with E-state index in [-0.39, 0.29) is 11.7 Å². The average Bonchev–Trinajstić information content (AvgIpc) is 3.13. The maximum Gasteiger partial charge on any atom is 0.293 e. The van der Waals surface area contributed by atoms with Gasteiger partial charge in [0.2, 0.25) is 5.82 Å². The van der Waals surface area contributed by atoms with Crippen molar-refractivity contribution in [3.05, 3.63) is 55.1 Å². The van der Waals surface area contributed by atoms with Crippen LogP contribution >= 0.6 is 0 Å². The lowest BCUT2D eigenvalue weighted by Gasteiger charge is -2.10. The largest absolute Gasteiger partial charge is 0.317 e. The molecule has 19 heavy (non-hydrogen) atoms. The van der Waals surface area contributed by atoms with Gasteiger partial charge in [-0.25, -0.2) is 9.97 Å². The molecule has 0 saturated carbocycles. The van der Waals surface area contributed by atoms with Gasteiger partial charge in [0.1, 0.15) is 6.33 Å². The van der Waals surface area contributed by atoms with Crippen molar-refractivity contribution >= 4 is 11.6 Å². The minimum Gasteiger partial charge on any atom is -0.317 e. The van der Waals surface area contributed by atoms with Crippen molar-refractivity contribution in [1.29, 1.82) is 0 Å². The molecule has 0 unspecified atom stereocenters. The first-order valence-corrected chi connectivity index (χ1v) is 5.58. The Hall–Kier alpha value is -2.96. The molecule has 2 heterocycles. The minimum atomic E-state index is -0.343. The van der Waals surface area contributed by atoms with E-state index in [1.54, 1.807) is 18.7 Å². The zero-order valence-electron chi connectivity index (χ0n) is 9.82. The lowest BCUT2D eigenvalue weighted by Crippen LogP contribution is -2.15. The molecule has 0 aliphatic rings. The van der Waals surface area contributed by atoms with Gasteiger partial charge in [-0.05, 0) is 12.1 Å². The molecule has 0 spiro atoms. The summed E-state index contributed by atoms with van der Waals surface area (Å²) in [5.74, 6) is -0.175. The smallest absolute Gasteiger partial charge is 0.293 e. The van der Waals surface area contributed by atoms with Crippen molar-refractivity contribution in [3.8, 4) is 5.69 Å². The Morgan fingerprint density at radius 1 is 1.32 bits per heavy atom. The number of hydrogen-bond donors (Lipinski definition) is 2. The first-order valence-electron chi connectivity index (χ1n) is 5.58. The summed E-state index contributed by atoms with van der Waals surface area (Å²) >= 11 is 0. The monoisotopic (exact) mass is 254 g/mol. The lowest BCUT2D eigenvalue weighted by atomic mass is 10.2. The van der Waals surface area contributed by atoms with Crippen LogP contribution in [0.3, 0.4) is 0 Å². The molecule has 0 atom stereocenters. The molecule has 2 N–H and O–H groups in total. The third-order valence-electron chi connectivity index (χ3n) is 2.56. The fourth-order valence-corrected chi connectivity index (χ4v) is 1.70. The second-order valence-electron chi connectivity index (χ2n) is 3.78. The van der Waals surface area contributed by atoms with Crippen molar-refractivity contribution < 1.29 is 4.79 Å². The topological polar surface area (TPSA) is 88.5 Å². The highest BCUT2D eigenvalue weighted by Crippen LogP contribution is 2.19. The van der Waals surface area contributed by atoms with E-state index in [0.29, 0.717) is 5.69 Å². The van der Waals surface area contributed by atoms with Gasteiger partial charge in [0.15, 0.2) is 0 Å². The molecule has 2 aromatic heterocycles. The molecule has 1 aromatic carbocycles. The third-order valence-corrected chi connectivity index (χ3v) is 2.56. The summed E-state index contributed by atoms with van der Waals surface area (Å²) in [5.41, 5.74) is 1.50. The number of nitrogens with one attached hydrogen (secondary N) is 2. The van der Waals surface area contributed by atoms with Crippen LogP contribution in [0, 0.1) is 0 Å². The first kappa shape index (κ1) is 11.1. The summed E-state index contributed by atoms with van der Waals surface area (Å²) in [4.78, 5) is 19.7. The Morgan fingerprint density at radius 3 is 2.95 bits per heavy atom. The maximum absolute atomic E-state index is 11.9. The van der Waals surface area contributed by atoms with Crippen LogP contribution in [0.4, 0.5) is 5.69 Å². The third kappa shape index (κ3) is 2.21. The van der Waals surface area contributed by atoms with Gasteiger partial charge in [-0.15, -0.1) is 0 Å². The Bertz CT molecular complexity index is 674. The first-order chi connectivity index (χ1) is 9.34. The number of anilines is 1. The van der Waals surface area contributed by atoms with Crippen LogP contribution in [0.1, 0.15) is 10.6 Å². The van der Waals surface area contributed by atoms with Gasteiger partial charge in [-0.1, -0.05) is 12.1 Å². The van der Waals surface area contributed by atoms with Crippen LogP contribution in [0.25, 0.3) is 5.69 Å².